The van der Waals surface area contributed by atoms with E-state index in [1.54, 1.807) is 11.8 Å². The van der Waals surface area contributed by atoms with Gasteiger partial charge < -0.3 is 10.1 Å². The fourth-order valence-corrected chi connectivity index (χ4v) is 2.47. The monoisotopic (exact) mass is 319 g/mol. The van der Waals surface area contributed by atoms with Crippen molar-refractivity contribution in [2.45, 2.75) is 25.9 Å². The van der Waals surface area contributed by atoms with Gasteiger partial charge in [0, 0.05) is 11.8 Å². The number of esters is 1. The molecule has 1 rings (SSSR count). The van der Waals surface area contributed by atoms with Crippen LogP contribution in [0, 0.1) is 0 Å². The largest absolute Gasteiger partial charge is 0.468 e. The minimum Gasteiger partial charge on any atom is -0.468 e. The Labute approximate surface area is 126 Å². The molecule has 0 bridgehead atoms. The molecule has 0 aliphatic heterocycles. The molecule has 0 aromatic carbocycles. The molecule has 112 valence electrons. The minimum atomic E-state index is -0.551. The maximum absolute atomic E-state index is 12.0. The number of thioether (sulfide) groups is 1. The summed E-state index contributed by atoms with van der Waals surface area (Å²) in [6.07, 6.45) is 4.37. The molecule has 1 N–H and O–H groups in total. The average molecular weight is 320 g/mol. The molecule has 1 aromatic rings. The summed E-state index contributed by atoms with van der Waals surface area (Å²) in [5.74, 6) is 0.350. The molecule has 1 heterocycles. The van der Waals surface area contributed by atoms with E-state index in [-0.39, 0.29) is 17.6 Å². The standard InChI is InChI=1S/C12H18ClN3O3S/c1-4-8(7-20-3)15-9-5-14-16(6-10(17)19-2)12(18)11(9)13/h5,8,15H,4,6-7H2,1-3H3. The Morgan fingerprint density at radius 2 is 2.35 bits per heavy atom. The first-order valence-electron chi connectivity index (χ1n) is 6.11. The van der Waals surface area contributed by atoms with Gasteiger partial charge in [-0.05, 0) is 12.7 Å². The summed E-state index contributed by atoms with van der Waals surface area (Å²) >= 11 is 7.74. The molecule has 20 heavy (non-hydrogen) atoms. The third-order valence-electron chi connectivity index (χ3n) is 2.71. The number of nitrogens with one attached hydrogen (secondary N) is 1. The number of aromatic nitrogens is 2. The highest BCUT2D eigenvalue weighted by atomic mass is 35.5. The molecular formula is C12H18ClN3O3S. The normalized spacial score (nSPS) is 12.0. The summed E-state index contributed by atoms with van der Waals surface area (Å²) in [5.41, 5.74) is -0.0280. The van der Waals surface area contributed by atoms with Crippen molar-refractivity contribution < 1.29 is 9.53 Å². The van der Waals surface area contributed by atoms with Crippen LogP contribution in [-0.2, 0) is 16.1 Å². The molecule has 1 unspecified atom stereocenters. The number of hydrogen-bond acceptors (Lipinski definition) is 6. The molecule has 0 fully saturated rings. The highest BCUT2D eigenvalue weighted by molar-refractivity contribution is 7.98. The minimum absolute atomic E-state index is 0.0310. The topological polar surface area (TPSA) is 73.2 Å². The maximum atomic E-state index is 12.0. The van der Waals surface area contributed by atoms with Crippen molar-refractivity contribution in [3.05, 3.63) is 21.6 Å². The second-order valence-corrected chi connectivity index (χ2v) is 5.40. The van der Waals surface area contributed by atoms with Gasteiger partial charge in [0.2, 0.25) is 0 Å². The van der Waals surface area contributed by atoms with Gasteiger partial charge in [-0.25, -0.2) is 4.68 Å². The summed E-state index contributed by atoms with van der Waals surface area (Å²) < 4.78 is 5.47. The lowest BCUT2D eigenvalue weighted by Crippen LogP contribution is -2.29. The molecular weight excluding hydrogens is 302 g/mol. The zero-order valence-electron chi connectivity index (χ0n) is 11.7. The number of ether oxygens (including phenoxy) is 1. The fourth-order valence-electron chi connectivity index (χ4n) is 1.55. The predicted octanol–water partition coefficient (Wildman–Crippen LogP) is 1.62. The smallest absolute Gasteiger partial charge is 0.327 e. The third-order valence-corrected chi connectivity index (χ3v) is 3.81. The first-order valence-corrected chi connectivity index (χ1v) is 7.88. The molecule has 0 saturated heterocycles. The Hall–Kier alpha value is -1.21. The van der Waals surface area contributed by atoms with Crippen LogP contribution in [0.15, 0.2) is 11.0 Å². The van der Waals surface area contributed by atoms with Gasteiger partial charge in [0.15, 0.2) is 0 Å². The van der Waals surface area contributed by atoms with Crippen molar-refractivity contribution in [2.24, 2.45) is 0 Å². The van der Waals surface area contributed by atoms with Gasteiger partial charge in [0.05, 0.1) is 19.0 Å². The highest BCUT2D eigenvalue weighted by Crippen LogP contribution is 2.18. The van der Waals surface area contributed by atoms with E-state index in [9.17, 15) is 9.59 Å². The molecule has 0 amide bonds. The van der Waals surface area contributed by atoms with E-state index in [0.717, 1.165) is 16.9 Å². The fraction of sp³-hybridized carbons (Fsp3) is 0.583. The molecule has 1 atom stereocenters. The van der Waals surface area contributed by atoms with E-state index in [0.29, 0.717) is 5.69 Å². The van der Waals surface area contributed by atoms with Gasteiger partial charge >= 0.3 is 5.97 Å². The summed E-state index contributed by atoms with van der Waals surface area (Å²) in [6, 6.07) is 0.208. The lowest BCUT2D eigenvalue weighted by atomic mass is 10.2. The third kappa shape index (κ3) is 4.42. The van der Waals surface area contributed by atoms with Crippen LogP contribution in [0.4, 0.5) is 5.69 Å². The highest BCUT2D eigenvalue weighted by Gasteiger charge is 2.14. The van der Waals surface area contributed by atoms with Crippen LogP contribution >= 0.6 is 23.4 Å². The van der Waals surface area contributed by atoms with E-state index in [4.69, 9.17) is 11.6 Å². The average Bonchev–Trinajstić information content (AvgIpc) is 2.45. The van der Waals surface area contributed by atoms with Crippen molar-refractivity contribution in [1.29, 1.82) is 0 Å². The summed E-state index contributed by atoms with van der Waals surface area (Å²) in [7, 11) is 1.25. The van der Waals surface area contributed by atoms with Crippen LogP contribution in [0.25, 0.3) is 0 Å². The first-order chi connectivity index (χ1) is 9.53. The lowest BCUT2D eigenvalue weighted by Gasteiger charge is -2.17. The van der Waals surface area contributed by atoms with Crippen LogP contribution in [-0.4, -0.2) is 40.9 Å². The molecule has 0 aliphatic carbocycles. The van der Waals surface area contributed by atoms with Crippen LogP contribution in [0.5, 0.6) is 0 Å². The molecule has 0 spiro atoms. The summed E-state index contributed by atoms with van der Waals surface area (Å²) in [4.78, 5) is 23.1. The number of anilines is 1. The second kappa shape index (κ2) is 8.16. The Morgan fingerprint density at radius 1 is 1.65 bits per heavy atom. The number of hydrogen-bond donors (Lipinski definition) is 1. The van der Waals surface area contributed by atoms with E-state index in [2.05, 4.69) is 15.2 Å². The van der Waals surface area contributed by atoms with Crippen molar-refractivity contribution in [2.75, 3.05) is 24.4 Å². The van der Waals surface area contributed by atoms with Crippen LogP contribution in [0.2, 0.25) is 5.02 Å². The van der Waals surface area contributed by atoms with Crippen molar-refractivity contribution >= 4 is 35.0 Å². The summed E-state index contributed by atoms with van der Waals surface area (Å²) in [5, 5.41) is 7.14. The number of nitrogens with zero attached hydrogens (tertiary/aromatic N) is 2. The van der Waals surface area contributed by atoms with E-state index in [1.807, 2.05) is 13.2 Å². The Kier molecular flexibility index (Phi) is 6.87. The molecule has 0 radical (unpaired) electrons. The van der Waals surface area contributed by atoms with Crippen LogP contribution in [0.1, 0.15) is 13.3 Å². The van der Waals surface area contributed by atoms with Gasteiger partial charge in [-0.3, -0.25) is 9.59 Å². The van der Waals surface area contributed by atoms with Gasteiger partial charge in [0.1, 0.15) is 11.6 Å². The number of carbonyl (C=O) groups excluding carboxylic acids is 1. The zero-order chi connectivity index (χ0) is 15.1. The number of carbonyl (C=O) groups is 1. The Balaban J connectivity index is 2.94. The van der Waals surface area contributed by atoms with Crippen LogP contribution < -0.4 is 10.9 Å². The van der Waals surface area contributed by atoms with Crippen molar-refractivity contribution in [3.63, 3.8) is 0 Å². The van der Waals surface area contributed by atoms with E-state index >= 15 is 0 Å². The van der Waals surface area contributed by atoms with Gasteiger partial charge in [0.25, 0.3) is 5.56 Å². The van der Waals surface area contributed by atoms with Crippen LogP contribution in [0.3, 0.4) is 0 Å². The van der Waals surface area contributed by atoms with E-state index < -0.39 is 11.5 Å². The maximum Gasteiger partial charge on any atom is 0.327 e. The predicted molar refractivity (Wildman–Crippen MR) is 81.6 cm³/mol. The van der Waals surface area contributed by atoms with Crippen molar-refractivity contribution in [1.82, 2.24) is 9.78 Å². The molecule has 0 aliphatic rings. The zero-order valence-corrected chi connectivity index (χ0v) is 13.3. The molecule has 0 saturated carbocycles. The number of methoxy groups -OCH3 is 1. The quantitative estimate of drug-likeness (QED) is 0.770. The lowest BCUT2D eigenvalue weighted by molar-refractivity contribution is -0.141. The van der Waals surface area contributed by atoms with Gasteiger partial charge in [-0.1, -0.05) is 18.5 Å². The first kappa shape index (κ1) is 16.8. The Bertz CT molecular complexity index is 521. The molecule has 1 aromatic heterocycles. The number of halogens is 1. The van der Waals surface area contributed by atoms with Crippen molar-refractivity contribution in [3.8, 4) is 0 Å². The molecule has 6 nitrogen and oxygen atoms in total. The summed E-state index contributed by atoms with van der Waals surface area (Å²) in [6.45, 7) is 1.80. The van der Waals surface area contributed by atoms with Gasteiger partial charge in [-0.2, -0.15) is 16.9 Å². The Morgan fingerprint density at radius 3 is 2.90 bits per heavy atom. The SMILES string of the molecule is CCC(CSC)Nc1cnn(CC(=O)OC)c(=O)c1Cl. The second-order valence-electron chi connectivity index (χ2n) is 4.12. The number of rotatable bonds is 7. The van der Waals surface area contributed by atoms with E-state index in [1.165, 1.54) is 13.3 Å². The molecule has 8 heteroatoms. The van der Waals surface area contributed by atoms with Gasteiger partial charge in [-0.15, -0.1) is 0 Å².